The van der Waals surface area contributed by atoms with E-state index < -0.39 is 5.97 Å². The van der Waals surface area contributed by atoms with Crippen LogP contribution in [-0.2, 0) is 20.9 Å². The van der Waals surface area contributed by atoms with E-state index in [0.29, 0.717) is 25.1 Å². The molecule has 1 atom stereocenters. The highest BCUT2D eigenvalue weighted by atomic mass is 16.5. The molecule has 1 unspecified atom stereocenters. The lowest BCUT2D eigenvalue weighted by molar-refractivity contribution is -0.134. The zero-order chi connectivity index (χ0) is 13.8. The lowest BCUT2D eigenvalue weighted by Gasteiger charge is -2.21. The molecule has 1 aromatic rings. The van der Waals surface area contributed by atoms with Crippen LogP contribution in [0.25, 0.3) is 0 Å². The molecule has 0 saturated carbocycles. The summed E-state index contributed by atoms with van der Waals surface area (Å²) in [5.74, 6) is -0.987. The monoisotopic (exact) mass is 265 g/mol. The molecule has 3 N–H and O–H groups in total. The molecule has 0 radical (unpaired) electrons. The molecule has 1 saturated heterocycles. The molecule has 102 valence electrons. The van der Waals surface area contributed by atoms with Crippen LogP contribution < -0.4 is 10.6 Å². The maximum absolute atomic E-state index is 11.5. The lowest BCUT2D eigenvalue weighted by atomic mass is 10.1. The SMILES string of the molecule is COC(=O)c1ccc(CNC2CCC(=O)NC2=O)[nH]1. The predicted molar refractivity (Wildman–Crippen MR) is 65.1 cm³/mol. The Morgan fingerprint density at radius 2 is 2.26 bits per heavy atom. The molecule has 0 aromatic carbocycles. The highest BCUT2D eigenvalue weighted by Crippen LogP contribution is 2.07. The highest BCUT2D eigenvalue weighted by Gasteiger charge is 2.25. The van der Waals surface area contributed by atoms with Crippen LogP contribution in [0, 0.1) is 0 Å². The van der Waals surface area contributed by atoms with Gasteiger partial charge in [0.1, 0.15) is 5.69 Å². The van der Waals surface area contributed by atoms with Crippen molar-refractivity contribution in [1.82, 2.24) is 15.6 Å². The Labute approximate surface area is 109 Å². The van der Waals surface area contributed by atoms with Gasteiger partial charge in [-0.15, -0.1) is 0 Å². The van der Waals surface area contributed by atoms with Gasteiger partial charge in [0.05, 0.1) is 13.2 Å². The Kier molecular flexibility index (Phi) is 3.96. The van der Waals surface area contributed by atoms with E-state index in [2.05, 4.69) is 20.4 Å². The number of esters is 1. The standard InChI is InChI=1S/C12H15N3O4/c1-19-12(18)9-3-2-7(14-9)6-13-8-4-5-10(16)15-11(8)17/h2-3,8,13-14H,4-6H2,1H3,(H,15,16,17). The molecule has 7 heteroatoms. The number of piperidine rings is 1. The molecule has 0 spiro atoms. The third kappa shape index (κ3) is 3.19. The average Bonchev–Trinajstić information content (AvgIpc) is 2.85. The van der Waals surface area contributed by atoms with Gasteiger partial charge < -0.3 is 15.0 Å². The van der Waals surface area contributed by atoms with Crippen molar-refractivity contribution < 1.29 is 19.1 Å². The molecule has 19 heavy (non-hydrogen) atoms. The first-order valence-electron chi connectivity index (χ1n) is 5.93. The molecule has 1 aliphatic heterocycles. The Bertz CT molecular complexity index is 509. The third-order valence-corrected chi connectivity index (χ3v) is 2.93. The molecule has 1 fully saturated rings. The number of amides is 2. The van der Waals surface area contributed by atoms with Crippen molar-refractivity contribution in [2.24, 2.45) is 0 Å². The normalized spacial score (nSPS) is 19.1. The topological polar surface area (TPSA) is 100 Å². The van der Waals surface area contributed by atoms with E-state index >= 15 is 0 Å². The summed E-state index contributed by atoms with van der Waals surface area (Å²) in [6, 6.07) is 2.97. The quantitative estimate of drug-likeness (QED) is 0.512. The van der Waals surface area contributed by atoms with Gasteiger partial charge in [0.25, 0.3) is 0 Å². The van der Waals surface area contributed by atoms with Crippen LogP contribution in [0.2, 0.25) is 0 Å². The molecule has 7 nitrogen and oxygen atoms in total. The molecule has 0 bridgehead atoms. The van der Waals surface area contributed by atoms with Crippen molar-refractivity contribution in [1.29, 1.82) is 0 Å². The van der Waals surface area contributed by atoms with Crippen LogP contribution in [0.3, 0.4) is 0 Å². The number of ether oxygens (including phenoxy) is 1. The molecule has 2 heterocycles. The first-order chi connectivity index (χ1) is 9.10. The Morgan fingerprint density at radius 3 is 2.95 bits per heavy atom. The first-order valence-corrected chi connectivity index (χ1v) is 5.93. The minimum atomic E-state index is -0.438. The van der Waals surface area contributed by atoms with Gasteiger partial charge in [-0.3, -0.25) is 14.9 Å². The van der Waals surface area contributed by atoms with Crippen molar-refractivity contribution in [2.45, 2.75) is 25.4 Å². The van der Waals surface area contributed by atoms with Crippen molar-refractivity contribution in [3.05, 3.63) is 23.5 Å². The molecule has 0 aliphatic carbocycles. The van der Waals surface area contributed by atoms with Crippen LogP contribution in [-0.4, -0.2) is 35.9 Å². The molecule has 1 aliphatic rings. The van der Waals surface area contributed by atoms with E-state index in [1.165, 1.54) is 7.11 Å². The Morgan fingerprint density at radius 1 is 1.47 bits per heavy atom. The van der Waals surface area contributed by atoms with Crippen LogP contribution in [0.4, 0.5) is 0 Å². The second-order valence-electron chi connectivity index (χ2n) is 4.27. The maximum atomic E-state index is 11.5. The van der Waals surface area contributed by atoms with Crippen LogP contribution >= 0.6 is 0 Å². The number of hydrogen-bond donors (Lipinski definition) is 3. The fourth-order valence-corrected chi connectivity index (χ4v) is 1.89. The van der Waals surface area contributed by atoms with Gasteiger partial charge in [-0.05, 0) is 18.6 Å². The largest absolute Gasteiger partial charge is 0.464 e. The van der Waals surface area contributed by atoms with Gasteiger partial charge in [0.15, 0.2) is 0 Å². The highest BCUT2D eigenvalue weighted by molar-refractivity contribution is 6.00. The van der Waals surface area contributed by atoms with Gasteiger partial charge in [-0.25, -0.2) is 4.79 Å². The van der Waals surface area contributed by atoms with Crippen molar-refractivity contribution in [2.75, 3.05) is 7.11 Å². The minimum Gasteiger partial charge on any atom is -0.464 e. The summed E-state index contributed by atoms with van der Waals surface area (Å²) >= 11 is 0. The van der Waals surface area contributed by atoms with Gasteiger partial charge in [-0.1, -0.05) is 0 Å². The summed E-state index contributed by atoms with van der Waals surface area (Å²) in [6.07, 6.45) is 0.816. The van der Waals surface area contributed by atoms with Gasteiger partial charge in [0, 0.05) is 18.7 Å². The van der Waals surface area contributed by atoms with E-state index in [0.717, 1.165) is 5.69 Å². The van der Waals surface area contributed by atoms with Gasteiger partial charge in [0.2, 0.25) is 11.8 Å². The number of methoxy groups -OCH3 is 1. The molecule has 2 amide bonds. The third-order valence-electron chi connectivity index (χ3n) is 2.93. The number of aromatic nitrogens is 1. The fourth-order valence-electron chi connectivity index (χ4n) is 1.89. The fraction of sp³-hybridized carbons (Fsp3) is 0.417. The number of aromatic amines is 1. The number of H-pyrrole nitrogens is 1. The molecular formula is C12H15N3O4. The van der Waals surface area contributed by atoms with E-state index in [4.69, 9.17) is 0 Å². The van der Waals surface area contributed by atoms with Crippen LogP contribution in [0.15, 0.2) is 12.1 Å². The number of hydrogen-bond acceptors (Lipinski definition) is 5. The number of carbonyl (C=O) groups excluding carboxylic acids is 3. The zero-order valence-electron chi connectivity index (χ0n) is 10.5. The summed E-state index contributed by atoms with van der Waals surface area (Å²) < 4.78 is 4.58. The summed E-state index contributed by atoms with van der Waals surface area (Å²) in [7, 11) is 1.31. The number of carbonyl (C=O) groups is 3. The second-order valence-corrected chi connectivity index (χ2v) is 4.27. The van der Waals surface area contributed by atoms with E-state index in [1.54, 1.807) is 12.1 Å². The van der Waals surface area contributed by atoms with Crippen molar-refractivity contribution in [3.8, 4) is 0 Å². The molecule has 2 rings (SSSR count). The van der Waals surface area contributed by atoms with Gasteiger partial charge in [-0.2, -0.15) is 0 Å². The lowest BCUT2D eigenvalue weighted by Crippen LogP contribution is -2.50. The van der Waals surface area contributed by atoms with E-state index in [-0.39, 0.29) is 17.9 Å². The zero-order valence-corrected chi connectivity index (χ0v) is 10.5. The maximum Gasteiger partial charge on any atom is 0.354 e. The second kappa shape index (κ2) is 5.66. The number of rotatable bonds is 4. The van der Waals surface area contributed by atoms with Crippen LogP contribution in [0.5, 0.6) is 0 Å². The number of imide groups is 1. The average molecular weight is 265 g/mol. The Balaban J connectivity index is 1.88. The smallest absolute Gasteiger partial charge is 0.354 e. The summed E-state index contributed by atoms with van der Waals surface area (Å²) in [4.78, 5) is 36.6. The molecule has 1 aromatic heterocycles. The van der Waals surface area contributed by atoms with E-state index in [9.17, 15) is 14.4 Å². The minimum absolute atomic E-state index is 0.240. The van der Waals surface area contributed by atoms with Crippen LogP contribution in [0.1, 0.15) is 29.0 Å². The Hall–Kier alpha value is -2.15. The number of nitrogens with one attached hydrogen (secondary N) is 3. The van der Waals surface area contributed by atoms with E-state index in [1.807, 2.05) is 0 Å². The summed E-state index contributed by atoms with van der Waals surface area (Å²) in [5.41, 5.74) is 1.13. The van der Waals surface area contributed by atoms with Crippen molar-refractivity contribution in [3.63, 3.8) is 0 Å². The molecular weight excluding hydrogens is 250 g/mol. The predicted octanol–water partition coefficient (Wildman–Crippen LogP) is -0.304. The van der Waals surface area contributed by atoms with Gasteiger partial charge >= 0.3 is 5.97 Å². The van der Waals surface area contributed by atoms with Crippen molar-refractivity contribution >= 4 is 17.8 Å². The summed E-state index contributed by atoms with van der Waals surface area (Å²) in [6.45, 7) is 0.406. The summed E-state index contributed by atoms with van der Waals surface area (Å²) in [5, 5.41) is 5.30. The first kappa shape index (κ1) is 13.3.